The van der Waals surface area contributed by atoms with Gasteiger partial charge in [0.1, 0.15) is 0 Å². The summed E-state index contributed by atoms with van der Waals surface area (Å²) in [7, 11) is 0. The first-order chi connectivity index (χ1) is 14.2. The van der Waals surface area contributed by atoms with Crippen LogP contribution in [0.5, 0.6) is 0 Å². The summed E-state index contributed by atoms with van der Waals surface area (Å²) in [5.41, 5.74) is 2.90. The number of piperidine rings is 1. The molecule has 4 nitrogen and oxygen atoms in total. The van der Waals surface area contributed by atoms with Gasteiger partial charge in [-0.1, -0.05) is 37.7 Å². The molecule has 0 aromatic carbocycles. The van der Waals surface area contributed by atoms with Crippen LogP contribution in [0.3, 0.4) is 0 Å². The number of carbonyl (C=O) groups excluding carboxylic acids is 1. The molecule has 4 aliphatic rings. The van der Waals surface area contributed by atoms with E-state index in [-0.39, 0.29) is 5.97 Å². The number of nitriles is 1. The molecule has 3 heterocycles. The van der Waals surface area contributed by atoms with Crippen LogP contribution in [-0.4, -0.2) is 35.1 Å². The fraction of sp³-hybridized carbons (Fsp3) is 0.600. The molecule has 3 aliphatic heterocycles. The second-order valence-corrected chi connectivity index (χ2v) is 8.60. The minimum Gasteiger partial charge on any atom is -0.449 e. The van der Waals surface area contributed by atoms with Gasteiger partial charge in [0.05, 0.1) is 12.1 Å². The van der Waals surface area contributed by atoms with E-state index in [0.29, 0.717) is 18.5 Å². The molecule has 2 bridgehead atoms. The highest BCUT2D eigenvalue weighted by atomic mass is 16.6. The Morgan fingerprint density at radius 2 is 2.28 bits per heavy atom. The molecule has 2 fully saturated rings. The molecule has 4 rings (SSSR count). The molecule has 1 aliphatic carbocycles. The molecule has 3 unspecified atom stereocenters. The Labute approximate surface area is 174 Å². The van der Waals surface area contributed by atoms with E-state index in [1.807, 2.05) is 0 Å². The first kappa shape index (κ1) is 20.0. The number of carbonyl (C=O) groups is 1. The number of fused-ring (bicyclic) bond motifs is 3. The molecular weight excluding hydrogens is 360 g/mol. The van der Waals surface area contributed by atoms with E-state index in [9.17, 15) is 4.79 Å². The van der Waals surface area contributed by atoms with E-state index < -0.39 is 5.60 Å². The molecule has 29 heavy (non-hydrogen) atoms. The Morgan fingerprint density at radius 3 is 3.10 bits per heavy atom. The van der Waals surface area contributed by atoms with Crippen molar-refractivity contribution in [3.63, 3.8) is 0 Å². The zero-order valence-electron chi connectivity index (χ0n) is 17.4. The third-order valence-corrected chi connectivity index (χ3v) is 6.67. The standard InChI is InChI=1S/C25H30N2O2/c1-2-3-10-19(11-6-4-5-8-13-26)15-20-16-21-18-25(22(20)17-24(28)29-25)23-12-7-9-14-27(21)23/h15-17,21,23H,2-5,7-10,12,14,18H2,1H3. The summed E-state index contributed by atoms with van der Waals surface area (Å²) < 4.78 is 6.02. The van der Waals surface area contributed by atoms with E-state index in [1.165, 1.54) is 12.8 Å². The van der Waals surface area contributed by atoms with Crippen LogP contribution in [0.1, 0.15) is 71.1 Å². The third-order valence-electron chi connectivity index (χ3n) is 6.67. The van der Waals surface area contributed by atoms with Crippen LogP contribution in [0.25, 0.3) is 0 Å². The summed E-state index contributed by atoms with van der Waals surface area (Å²) in [6, 6.07) is 2.85. The molecule has 2 saturated heterocycles. The second kappa shape index (κ2) is 8.60. The van der Waals surface area contributed by atoms with E-state index in [2.05, 4.69) is 41.9 Å². The summed E-state index contributed by atoms with van der Waals surface area (Å²) in [5, 5.41) is 8.69. The maximum atomic E-state index is 12.3. The highest BCUT2D eigenvalue weighted by molar-refractivity contribution is 5.89. The third kappa shape index (κ3) is 3.79. The maximum Gasteiger partial charge on any atom is 0.332 e. The highest BCUT2D eigenvalue weighted by Gasteiger charge is 2.61. The van der Waals surface area contributed by atoms with Crippen molar-refractivity contribution in [1.82, 2.24) is 4.90 Å². The van der Waals surface area contributed by atoms with Crippen molar-refractivity contribution in [2.24, 2.45) is 0 Å². The van der Waals surface area contributed by atoms with Crippen LogP contribution in [0, 0.1) is 23.2 Å². The summed E-state index contributed by atoms with van der Waals surface area (Å²) >= 11 is 0. The lowest BCUT2D eigenvalue weighted by molar-refractivity contribution is -0.148. The van der Waals surface area contributed by atoms with Gasteiger partial charge in [0.15, 0.2) is 5.60 Å². The van der Waals surface area contributed by atoms with E-state index in [4.69, 9.17) is 10.00 Å². The Kier molecular flexibility index (Phi) is 5.93. The molecule has 0 aromatic rings. The average molecular weight is 391 g/mol. The first-order valence-corrected chi connectivity index (χ1v) is 11.2. The molecule has 0 aromatic heterocycles. The van der Waals surface area contributed by atoms with Crippen molar-refractivity contribution in [2.75, 3.05) is 6.54 Å². The molecule has 0 N–H and O–H groups in total. The molecule has 3 atom stereocenters. The number of allylic oxidation sites excluding steroid dienone is 2. The van der Waals surface area contributed by atoms with Crippen LogP contribution in [0.15, 0.2) is 34.9 Å². The number of rotatable bonds is 6. The fourth-order valence-corrected chi connectivity index (χ4v) is 5.38. The quantitative estimate of drug-likeness (QED) is 0.378. The molecular formula is C25H30N2O2. The van der Waals surface area contributed by atoms with Crippen molar-refractivity contribution in [1.29, 1.82) is 5.26 Å². The van der Waals surface area contributed by atoms with E-state index in [0.717, 1.165) is 68.2 Å². The number of ether oxygens (including phenoxy) is 1. The van der Waals surface area contributed by atoms with Gasteiger partial charge in [0.25, 0.3) is 0 Å². The number of hydrogen-bond acceptors (Lipinski definition) is 4. The Hall–Kier alpha value is -2.30. The number of esters is 1. The molecule has 152 valence electrons. The Morgan fingerprint density at radius 1 is 1.38 bits per heavy atom. The molecule has 0 saturated carbocycles. The summed E-state index contributed by atoms with van der Waals surface area (Å²) in [6.07, 6.45) is 16.0. The lowest BCUT2D eigenvalue weighted by atomic mass is 9.76. The number of unbranched alkanes of at least 4 members (excludes halogenated alkanes) is 3. The second-order valence-electron chi connectivity index (χ2n) is 8.60. The molecule has 0 amide bonds. The Bertz CT molecular complexity index is 863. The van der Waals surface area contributed by atoms with Crippen LogP contribution in [-0.2, 0) is 9.53 Å². The molecule has 0 radical (unpaired) electrons. The topological polar surface area (TPSA) is 53.3 Å². The minimum absolute atomic E-state index is 0.190. The molecule has 4 heteroatoms. The normalized spacial score (nSPS) is 30.3. The van der Waals surface area contributed by atoms with Gasteiger partial charge in [-0.3, -0.25) is 4.90 Å². The van der Waals surface area contributed by atoms with Crippen LogP contribution >= 0.6 is 0 Å². The fourth-order valence-electron chi connectivity index (χ4n) is 5.38. The van der Waals surface area contributed by atoms with E-state index >= 15 is 0 Å². The van der Waals surface area contributed by atoms with Gasteiger partial charge in [-0.05, 0) is 50.3 Å². The predicted molar refractivity (Wildman–Crippen MR) is 113 cm³/mol. The highest BCUT2D eigenvalue weighted by Crippen LogP contribution is 2.53. The van der Waals surface area contributed by atoms with E-state index in [1.54, 1.807) is 6.08 Å². The lowest BCUT2D eigenvalue weighted by Gasteiger charge is -2.38. The predicted octanol–water partition coefficient (Wildman–Crippen LogP) is 4.59. The summed E-state index contributed by atoms with van der Waals surface area (Å²) in [6.45, 7) is 3.29. The van der Waals surface area contributed by atoms with Crippen LogP contribution < -0.4 is 0 Å². The van der Waals surface area contributed by atoms with Gasteiger partial charge < -0.3 is 4.74 Å². The first-order valence-electron chi connectivity index (χ1n) is 11.2. The van der Waals surface area contributed by atoms with Gasteiger partial charge in [0.2, 0.25) is 0 Å². The van der Waals surface area contributed by atoms with Crippen molar-refractivity contribution in [3.05, 3.63) is 34.9 Å². The van der Waals surface area contributed by atoms with Gasteiger partial charge in [0, 0.05) is 42.5 Å². The van der Waals surface area contributed by atoms with Crippen LogP contribution in [0.4, 0.5) is 0 Å². The zero-order chi connectivity index (χ0) is 20.3. The van der Waals surface area contributed by atoms with Crippen LogP contribution in [0.2, 0.25) is 0 Å². The largest absolute Gasteiger partial charge is 0.449 e. The average Bonchev–Trinajstić information content (AvgIpc) is 3.21. The van der Waals surface area contributed by atoms with Gasteiger partial charge >= 0.3 is 5.97 Å². The van der Waals surface area contributed by atoms with Crippen molar-refractivity contribution < 1.29 is 9.53 Å². The summed E-state index contributed by atoms with van der Waals surface area (Å²) in [5.74, 6) is 6.42. The number of nitrogens with zero attached hydrogens (tertiary/aromatic N) is 2. The SMILES string of the molecule is CCCCC(C#CCCCC#N)=CC1=CC2CC3(OC(=O)C=C13)C1CCCCN21. The van der Waals surface area contributed by atoms with Crippen molar-refractivity contribution in [3.8, 4) is 17.9 Å². The molecule has 1 spiro atoms. The monoisotopic (exact) mass is 390 g/mol. The van der Waals surface area contributed by atoms with Gasteiger partial charge in [-0.15, -0.1) is 0 Å². The lowest BCUT2D eigenvalue weighted by Crippen LogP contribution is -2.48. The van der Waals surface area contributed by atoms with Crippen molar-refractivity contribution >= 4 is 5.97 Å². The van der Waals surface area contributed by atoms with Crippen molar-refractivity contribution in [2.45, 2.75) is 88.8 Å². The zero-order valence-corrected chi connectivity index (χ0v) is 17.4. The minimum atomic E-state index is -0.446. The summed E-state index contributed by atoms with van der Waals surface area (Å²) in [4.78, 5) is 14.9. The van der Waals surface area contributed by atoms with Gasteiger partial charge in [-0.2, -0.15) is 5.26 Å². The maximum absolute atomic E-state index is 12.3. The Balaban J connectivity index is 1.64. The number of hydrogen-bond donors (Lipinski definition) is 0. The van der Waals surface area contributed by atoms with Gasteiger partial charge in [-0.25, -0.2) is 4.79 Å². The smallest absolute Gasteiger partial charge is 0.332 e.